The van der Waals surface area contributed by atoms with E-state index in [1.54, 1.807) is 5.57 Å². The Labute approximate surface area is 63.3 Å². The van der Waals surface area contributed by atoms with Crippen molar-refractivity contribution in [3.63, 3.8) is 0 Å². The van der Waals surface area contributed by atoms with E-state index in [0.717, 1.165) is 11.8 Å². The molecule has 0 aromatic rings. The fraction of sp³-hybridized carbons (Fsp3) is 0.800. The molecule has 2 fully saturated rings. The summed E-state index contributed by atoms with van der Waals surface area (Å²) in [5.74, 6) is 2.08. The van der Waals surface area contributed by atoms with Crippen LogP contribution in [0.1, 0.15) is 39.5 Å². The minimum atomic E-state index is 1.04. The van der Waals surface area contributed by atoms with Crippen molar-refractivity contribution in [3.05, 3.63) is 11.1 Å². The molecule has 0 bridgehead atoms. The maximum absolute atomic E-state index is 2.27. The first kappa shape index (κ1) is 6.45. The highest BCUT2D eigenvalue weighted by molar-refractivity contribution is 5.34. The zero-order chi connectivity index (χ0) is 7.14. The van der Waals surface area contributed by atoms with Gasteiger partial charge in [-0.1, -0.05) is 24.0 Å². The third-order valence-electron chi connectivity index (χ3n) is 3.03. The molecule has 2 atom stereocenters. The van der Waals surface area contributed by atoms with Gasteiger partial charge < -0.3 is 0 Å². The lowest BCUT2D eigenvalue weighted by Crippen LogP contribution is -1.91. The maximum atomic E-state index is 2.27. The van der Waals surface area contributed by atoms with E-state index in [-0.39, 0.29) is 0 Å². The summed E-state index contributed by atoms with van der Waals surface area (Å²) in [5, 5.41) is 0. The molecule has 2 aliphatic carbocycles. The van der Waals surface area contributed by atoms with Crippen molar-refractivity contribution in [1.29, 1.82) is 0 Å². The molecule has 0 nitrogen and oxygen atoms in total. The Bertz CT molecular complexity index is 158. The van der Waals surface area contributed by atoms with E-state index in [1.165, 1.54) is 25.7 Å². The second-order valence-electron chi connectivity index (χ2n) is 3.95. The quantitative estimate of drug-likeness (QED) is 0.449. The van der Waals surface area contributed by atoms with Crippen LogP contribution in [0, 0.1) is 11.8 Å². The molecule has 2 rings (SSSR count). The molecule has 56 valence electrons. The van der Waals surface area contributed by atoms with Crippen molar-refractivity contribution in [2.24, 2.45) is 11.8 Å². The molecule has 10 heavy (non-hydrogen) atoms. The van der Waals surface area contributed by atoms with Crippen LogP contribution < -0.4 is 0 Å². The summed E-state index contributed by atoms with van der Waals surface area (Å²) in [6, 6.07) is 0. The van der Waals surface area contributed by atoms with Crippen LogP contribution >= 0.6 is 0 Å². The van der Waals surface area contributed by atoms with E-state index in [9.17, 15) is 0 Å². The van der Waals surface area contributed by atoms with E-state index < -0.39 is 0 Å². The fourth-order valence-corrected chi connectivity index (χ4v) is 2.56. The SMILES string of the molecule is CC(C)=C1[C@H]2CCCC[C@H]12. The summed E-state index contributed by atoms with van der Waals surface area (Å²) < 4.78 is 0. The molecule has 0 unspecified atom stereocenters. The molecule has 2 aliphatic rings. The average Bonchev–Trinajstić information content (AvgIpc) is 2.60. The van der Waals surface area contributed by atoms with Crippen molar-refractivity contribution in [1.82, 2.24) is 0 Å². The summed E-state index contributed by atoms with van der Waals surface area (Å²) in [6.45, 7) is 4.54. The molecular weight excluding hydrogens is 120 g/mol. The van der Waals surface area contributed by atoms with Gasteiger partial charge in [0.05, 0.1) is 0 Å². The number of fused-ring (bicyclic) bond motifs is 1. The van der Waals surface area contributed by atoms with Crippen molar-refractivity contribution in [3.8, 4) is 0 Å². The second-order valence-corrected chi connectivity index (χ2v) is 3.95. The molecule has 0 heterocycles. The van der Waals surface area contributed by atoms with Crippen molar-refractivity contribution < 1.29 is 0 Å². The van der Waals surface area contributed by atoms with Gasteiger partial charge in [0, 0.05) is 0 Å². The number of rotatable bonds is 0. The van der Waals surface area contributed by atoms with Gasteiger partial charge >= 0.3 is 0 Å². The first-order valence-corrected chi connectivity index (χ1v) is 4.48. The molecule has 0 saturated heterocycles. The largest absolute Gasteiger partial charge is 0.0766 e. The lowest BCUT2D eigenvalue weighted by molar-refractivity contribution is 0.480. The Balaban J connectivity index is 2.13. The fourth-order valence-electron chi connectivity index (χ4n) is 2.56. The van der Waals surface area contributed by atoms with E-state index in [0.29, 0.717) is 0 Å². The van der Waals surface area contributed by atoms with Crippen LogP contribution in [0.15, 0.2) is 11.1 Å². The normalized spacial score (nSPS) is 37.2. The highest BCUT2D eigenvalue weighted by Crippen LogP contribution is 2.56. The maximum Gasteiger partial charge on any atom is -0.0132 e. The van der Waals surface area contributed by atoms with Gasteiger partial charge in [0.2, 0.25) is 0 Å². The molecule has 0 N–H and O–H groups in total. The predicted octanol–water partition coefficient (Wildman–Crippen LogP) is 3.14. The third-order valence-corrected chi connectivity index (χ3v) is 3.03. The van der Waals surface area contributed by atoms with Crippen LogP contribution in [-0.4, -0.2) is 0 Å². The Hall–Kier alpha value is -0.260. The summed E-state index contributed by atoms with van der Waals surface area (Å²) >= 11 is 0. The summed E-state index contributed by atoms with van der Waals surface area (Å²) in [5.41, 5.74) is 3.43. The molecule has 0 aromatic carbocycles. The van der Waals surface area contributed by atoms with Crippen LogP contribution in [-0.2, 0) is 0 Å². The topological polar surface area (TPSA) is 0 Å². The van der Waals surface area contributed by atoms with Crippen molar-refractivity contribution >= 4 is 0 Å². The van der Waals surface area contributed by atoms with Gasteiger partial charge in [-0.15, -0.1) is 0 Å². The van der Waals surface area contributed by atoms with E-state index in [2.05, 4.69) is 13.8 Å². The zero-order valence-electron chi connectivity index (χ0n) is 6.98. The Kier molecular flexibility index (Phi) is 1.36. The van der Waals surface area contributed by atoms with Crippen LogP contribution in [0.4, 0.5) is 0 Å². The molecular formula is C10H16. The van der Waals surface area contributed by atoms with Crippen LogP contribution in [0.3, 0.4) is 0 Å². The summed E-state index contributed by atoms with van der Waals surface area (Å²) in [6.07, 6.45) is 5.95. The molecule has 0 spiro atoms. The summed E-state index contributed by atoms with van der Waals surface area (Å²) in [4.78, 5) is 0. The first-order valence-electron chi connectivity index (χ1n) is 4.48. The first-order chi connectivity index (χ1) is 4.80. The second kappa shape index (κ2) is 2.11. The van der Waals surface area contributed by atoms with Gasteiger partial charge in [-0.3, -0.25) is 0 Å². The van der Waals surface area contributed by atoms with E-state index in [1.807, 2.05) is 5.57 Å². The predicted molar refractivity (Wildman–Crippen MR) is 43.8 cm³/mol. The molecule has 0 aliphatic heterocycles. The lowest BCUT2D eigenvalue weighted by Gasteiger charge is -2.04. The minimum absolute atomic E-state index is 1.04. The van der Waals surface area contributed by atoms with Crippen LogP contribution in [0.5, 0.6) is 0 Å². The minimum Gasteiger partial charge on any atom is -0.0766 e. The smallest absolute Gasteiger partial charge is 0.0132 e. The third kappa shape index (κ3) is 0.817. The van der Waals surface area contributed by atoms with Gasteiger partial charge in [0.25, 0.3) is 0 Å². The molecule has 2 saturated carbocycles. The number of hydrogen-bond donors (Lipinski definition) is 0. The highest BCUT2D eigenvalue weighted by atomic mass is 14.5. The highest BCUT2D eigenvalue weighted by Gasteiger charge is 2.44. The van der Waals surface area contributed by atoms with Crippen LogP contribution in [0.25, 0.3) is 0 Å². The lowest BCUT2D eigenvalue weighted by atomic mass is 10.0. The van der Waals surface area contributed by atoms with Crippen molar-refractivity contribution in [2.75, 3.05) is 0 Å². The average molecular weight is 136 g/mol. The standard InChI is InChI=1S/C10H16/c1-7(2)10-8-5-3-4-6-9(8)10/h8-9H,3-6H2,1-2H3/t8-,9-/m0/s1. The Morgan fingerprint density at radius 3 is 2.00 bits per heavy atom. The number of hydrogen-bond acceptors (Lipinski definition) is 0. The molecule has 0 radical (unpaired) electrons. The monoisotopic (exact) mass is 136 g/mol. The van der Waals surface area contributed by atoms with Gasteiger partial charge in [-0.25, -0.2) is 0 Å². The molecule has 0 heteroatoms. The van der Waals surface area contributed by atoms with Crippen LogP contribution in [0.2, 0.25) is 0 Å². The molecule has 0 amide bonds. The van der Waals surface area contributed by atoms with Gasteiger partial charge in [-0.05, 0) is 38.5 Å². The summed E-state index contributed by atoms with van der Waals surface area (Å²) in [7, 11) is 0. The van der Waals surface area contributed by atoms with E-state index >= 15 is 0 Å². The van der Waals surface area contributed by atoms with Gasteiger partial charge in [0.1, 0.15) is 0 Å². The Morgan fingerprint density at radius 1 is 1.10 bits per heavy atom. The Morgan fingerprint density at radius 2 is 1.60 bits per heavy atom. The van der Waals surface area contributed by atoms with Crippen molar-refractivity contribution in [2.45, 2.75) is 39.5 Å². The van der Waals surface area contributed by atoms with E-state index in [4.69, 9.17) is 0 Å². The van der Waals surface area contributed by atoms with Gasteiger partial charge in [0.15, 0.2) is 0 Å². The zero-order valence-corrected chi connectivity index (χ0v) is 6.98. The number of allylic oxidation sites excluding steroid dienone is 2. The molecule has 0 aromatic heterocycles. The van der Waals surface area contributed by atoms with Gasteiger partial charge in [-0.2, -0.15) is 0 Å².